The van der Waals surface area contributed by atoms with Crippen molar-refractivity contribution in [2.75, 3.05) is 7.11 Å². The molecule has 0 fully saturated rings. The number of hydrogen-bond acceptors (Lipinski definition) is 6. The summed E-state index contributed by atoms with van der Waals surface area (Å²) in [4.78, 5) is 29.4. The number of methoxy groups -OCH3 is 1. The first kappa shape index (κ1) is 26.7. The van der Waals surface area contributed by atoms with E-state index in [4.69, 9.17) is 4.74 Å². The smallest absolute Gasteiger partial charge is 0.247 e. The molecule has 0 saturated carbocycles. The van der Waals surface area contributed by atoms with E-state index < -0.39 is 11.6 Å². The van der Waals surface area contributed by atoms with Gasteiger partial charge >= 0.3 is 0 Å². The zero-order chi connectivity index (χ0) is 27.3. The Balaban J connectivity index is 1.76. The molecule has 0 saturated heterocycles. The average Bonchev–Trinajstić information content (AvgIpc) is 3.32. The lowest BCUT2D eigenvalue weighted by molar-refractivity contribution is -0.143. The van der Waals surface area contributed by atoms with Crippen LogP contribution in [0.2, 0.25) is 0 Å². The molecule has 9 heteroatoms. The lowest BCUT2D eigenvalue weighted by Crippen LogP contribution is -2.50. The quantitative estimate of drug-likeness (QED) is 0.327. The predicted molar refractivity (Wildman–Crippen MR) is 144 cm³/mol. The van der Waals surface area contributed by atoms with Gasteiger partial charge in [-0.3, -0.25) is 9.59 Å². The van der Waals surface area contributed by atoms with Crippen LogP contribution in [-0.2, 0) is 22.7 Å². The highest BCUT2D eigenvalue weighted by Crippen LogP contribution is 2.28. The Bertz CT molecular complexity index is 1400. The summed E-state index contributed by atoms with van der Waals surface area (Å²) in [5, 5.41) is 21.3. The van der Waals surface area contributed by atoms with E-state index in [1.54, 1.807) is 28.8 Å². The molecule has 1 aromatic heterocycles. The number of phenolic OH excluding ortho intramolecular Hbond substituents is 1. The monoisotopic (exact) mass is 515 g/mol. The zero-order valence-electron chi connectivity index (χ0n) is 22.1. The normalized spacial score (nSPS) is 12.2. The van der Waals surface area contributed by atoms with E-state index in [0.29, 0.717) is 23.3 Å². The highest BCUT2D eigenvalue weighted by Gasteiger charge is 2.34. The number of nitrogens with zero attached hydrogens (tertiary/aromatic N) is 4. The standard InChI is InChI=1S/C29H33N5O4/c1-5-29(2,3)30-28(37)27(21-12-14-22(35)15-13-21)33(18-20-10-16-23(38-4)17-11-20)26(36)19-34-25-9-7-6-8-24(25)31-32-34/h6-17,27,35H,5,18-19H2,1-4H3,(H,30,37)/t27-/m1/s1. The van der Waals surface area contributed by atoms with E-state index in [9.17, 15) is 14.7 Å². The van der Waals surface area contributed by atoms with Crippen molar-refractivity contribution in [1.82, 2.24) is 25.2 Å². The average molecular weight is 516 g/mol. The molecule has 2 amide bonds. The van der Waals surface area contributed by atoms with E-state index in [0.717, 1.165) is 11.1 Å². The molecular formula is C29H33N5O4. The molecule has 198 valence electrons. The number of carbonyl (C=O) groups is 2. The van der Waals surface area contributed by atoms with Gasteiger partial charge in [-0.1, -0.05) is 48.5 Å². The number of hydrogen-bond donors (Lipinski definition) is 2. The van der Waals surface area contributed by atoms with Gasteiger partial charge in [-0.05, 0) is 67.8 Å². The minimum Gasteiger partial charge on any atom is -0.508 e. The molecule has 0 spiro atoms. The number of carbonyl (C=O) groups excluding carboxylic acids is 2. The number of aromatic nitrogens is 3. The van der Waals surface area contributed by atoms with Crippen LogP contribution in [0.15, 0.2) is 72.8 Å². The molecule has 0 aliphatic carbocycles. The molecule has 9 nitrogen and oxygen atoms in total. The minimum atomic E-state index is -0.953. The van der Waals surface area contributed by atoms with Crippen LogP contribution in [0.25, 0.3) is 11.0 Å². The van der Waals surface area contributed by atoms with Crippen LogP contribution in [-0.4, -0.2) is 49.5 Å². The molecule has 0 radical (unpaired) electrons. The van der Waals surface area contributed by atoms with Crippen LogP contribution in [0, 0.1) is 0 Å². The van der Waals surface area contributed by atoms with Gasteiger partial charge in [0.15, 0.2) is 0 Å². The van der Waals surface area contributed by atoms with Crippen molar-refractivity contribution in [3.05, 3.63) is 83.9 Å². The molecule has 3 aromatic carbocycles. The van der Waals surface area contributed by atoms with Crippen molar-refractivity contribution in [2.24, 2.45) is 0 Å². The van der Waals surface area contributed by atoms with E-state index in [2.05, 4.69) is 15.6 Å². The summed E-state index contributed by atoms with van der Waals surface area (Å²) in [5.41, 5.74) is 2.33. The third-order valence-corrected chi connectivity index (χ3v) is 6.65. The van der Waals surface area contributed by atoms with Crippen molar-refractivity contribution in [3.8, 4) is 11.5 Å². The number of benzene rings is 3. The molecule has 4 rings (SSSR count). The molecule has 0 aliphatic rings. The van der Waals surface area contributed by atoms with E-state index in [1.165, 1.54) is 12.1 Å². The lowest BCUT2D eigenvalue weighted by atomic mass is 9.98. The SMILES string of the molecule is CCC(C)(C)NC(=O)[C@@H](c1ccc(O)cc1)N(Cc1ccc(OC)cc1)C(=O)Cn1nnc2ccccc21. The third kappa shape index (κ3) is 6.11. The number of phenols is 1. The van der Waals surface area contributed by atoms with Gasteiger partial charge in [-0.15, -0.1) is 5.10 Å². The first-order valence-corrected chi connectivity index (χ1v) is 12.5. The number of amides is 2. The zero-order valence-corrected chi connectivity index (χ0v) is 22.1. The summed E-state index contributed by atoms with van der Waals surface area (Å²) in [5.74, 6) is 0.147. The first-order chi connectivity index (χ1) is 18.2. The predicted octanol–water partition coefficient (Wildman–Crippen LogP) is 4.22. The summed E-state index contributed by atoms with van der Waals surface area (Å²) in [6, 6.07) is 20.2. The van der Waals surface area contributed by atoms with Crippen molar-refractivity contribution < 1.29 is 19.4 Å². The number of aromatic hydroxyl groups is 1. The molecule has 38 heavy (non-hydrogen) atoms. The van der Waals surface area contributed by atoms with Crippen molar-refractivity contribution in [1.29, 1.82) is 0 Å². The highest BCUT2D eigenvalue weighted by atomic mass is 16.5. The van der Waals surface area contributed by atoms with Crippen LogP contribution < -0.4 is 10.1 Å². The van der Waals surface area contributed by atoms with Crippen LogP contribution in [0.5, 0.6) is 11.5 Å². The fraction of sp³-hybridized carbons (Fsp3) is 0.310. The molecule has 4 aromatic rings. The van der Waals surface area contributed by atoms with Gasteiger partial charge in [0.1, 0.15) is 29.6 Å². The molecule has 0 unspecified atom stereocenters. The molecular weight excluding hydrogens is 482 g/mol. The third-order valence-electron chi connectivity index (χ3n) is 6.65. The number of fused-ring (bicyclic) bond motifs is 1. The Morgan fingerprint density at radius 1 is 1.05 bits per heavy atom. The summed E-state index contributed by atoms with van der Waals surface area (Å²) in [6.45, 7) is 5.94. The van der Waals surface area contributed by atoms with Crippen LogP contribution in [0.1, 0.15) is 44.4 Å². The molecule has 1 atom stereocenters. The Morgan fingerprint density at radius 3 is 2.39 bits per heavy atom. The largest absolute Gasteiger partial charge is 0.508 e. The van der Waals surface area contributed by atoms with Gasteiger partial charge in [-0.25, -0.2) is 4.68 Å². The Morgan fingerprint density at radius 2 is 1.74 bits per heavy atom. The van der Waals surface area contributed by atoms with Crippen LogP contribution >= 0.6 is 0 Å². The van der Waals surface area contributed by atoms with Crippen LogP contribution in [0.3, 0.4) is 0 Å². The fourth-order valence-electron chi connectivity index (χ4n) is 4.12. The summed E-state index contributed by atoms with van der Waals surface area (Å²) >= 11 is 0. The first-order valence-electron chi connectivity index (χ1n) is 12.5. The van der Waals surface area contributed by atoms with Crippen molar-refractivity contribution in [2.45, 2.75) is 51.9 Å². The number of para-hydroxylation sites is 1. The molecule has 2 N–H and O–H groups in total. The van der Waals surface area contributed by atoms with Gasteiger partial charge in [0.2, 0.25) is 11.8 Å². The van der Waals surface area contributed by atoms with Crippen LogP contribution in [0.4, 0.5) is 0 Å². The van der Waals surface area contributed by atoms with Crippen molar-refractivity contribution >= 4 is 22.8 Å². The lowest BCUT2D eigenvalue weighted by Gasteiger charge is -2.34. The van der Waals surface area contributed by atoms with Gasteiger partial charge < -0.3 is 20.1 Å². The summed E-state index contributed by atoms with van der Waals surface area (Å²) < 4.78 is 6.82. The number of ether oxygens (including phenoxy) is 1. The second-order valence-electron chi connectivity index (χ2n) is 9.83. The van der Waals surface area contributed by atoms with E-state index in [-0.39, 0.29) is 30.7 Å². The fourth-order valence-corrected chi connectivity index (χ4v) is 4.12. The Kier molecular flexibility index (Phi) is 7.95. The number of nitrogens with one attached hydrogen (secondary N) is 1. The summed E-state index contributed by atoms with van der Waals surface area (Å²) in [6.07, 6.45) is 0.707. The van der Waals surface area contributed by atoms with Gasteiger partial charge in [0, 0.05) is 12.1 Å². The van der Waals surface area contributed by atoms with Crippen molar-refractivity contribution in [3.63, 3.8) is 0 Å². The second-order valence-corrected chi connectivity index (χ2v) is 9.83. The molecule has 0 bridgehead atoms. The molecule has 0 aliphatic heterocycles. The number of rotatable bonds is 10. The Labute approximate surface area is 222 Å². The van der Waals surface area contributed by atoms with Gasteiger partial charge in [0.25, 0.3) is 0 Å². The van der Waals surface area contributed by atoms with E-state index in [1.807, 2.05) is 69.3 Å². The maximum Gasteiger partial charge on any atom is 0.247 e. The minimum absolute atomic E-state index is 0.0731. The topological polar surface area (TPSA) is 110 Å². The molecule has 1 heterocycles. The maximum absolute atomic E-state index is 14.0. The summed E-state index contributed by atoms with van der Waals surface area (Å²) in [7, 11) is 1.59. The Hall–Kier alpha value is -4.40. The van der Waals surface area contributed by atoms with E-state index >= 15 is 0 Å². The highest BCUT2D eigenvalue weighted by molar-refractivity contribution is 5.89. The van der Waals surface area contributed by atoms with Gasteiger partial charge in [0.05, 0.1) is 12.6 Å². The van der Waals surface area contributed by atoms with Gasteiger partial charge in [-0.2, -0.15) is 0 Å². The second kappa shape index (κ2) is 11.3. The maximum atomic E-state index is 14.0.